The molecule has 0 bridgehead atoms. The van der Waals surface area contributed by atoms with Gasteiger partial charge in [0.1, 0.15) is 5.75 Å². The van der Waals surface area contributed by atoms with Gasteiger partial charge in [-0.25, -0.2) is 0 Å². The number of ether oxygens (including phenoxy) is 1. The number of aliphatic hydroxyl groups excluding tert-OH is 1. The third kappa shape index (κ3) is 7.28. The van der Waals surface area contributed by atoms with Gasteiger partial charge in [0.15, 0.2) is 5.96 Å². The lowest BCUT2D eigenvalue weighted by Crippen LogP contribution is -2.39. The van der Waals surface area contributed by atoms with E-state index in [1.54, 1.807) is 7.11 Å². The highest BCUT2D eigenvalue weighted by molar-refractivity contribution is 14.0. The van der Waals surface area contributed by atoms with Crippen LogP contribution in [0.15, 0.2) is 53.5 Å². The van der Waals surface area contributed by atoms with E-state index in [1.165, 1.54) is 24.1 Å². The van der Waals surface area contributed by atoms with E-state index in [-0.39, 0.29) is 36.6 Å². The van der Waals surface area contributed by atoms with Gasteiger partial charge in [-0.3, -0.25) is 4.99 Å². The smallest absolute Gasteiger partial charge is 0.191 e. The summed E-state index contributed by atoms with van der Waals surface area (Å²) in [6.07, 6.45) is 1.85. The van der Waals surface area contributed by atoms with Crippen molar-refractivity contribution < 1.29 is 9.84 Å². The molecule has 2 aromatic carbocycles. The van der Waals surface area contributed by atoms with Gasteiger partial charge in [0.2, 0.25) is 0 Å². The second kappa shape index (κ2) is 12.8. The summed E-state index contributed by atoms with van der Waals surface area (Å²) in [4.78, 5) is 7.05. The minimum atomic E-state index is -0.690. The molecular formula is C24H35IN4O2. The van der Waals surface area contributed by atoms with Gasteiger partial charge in [-0.05, 0) is 62.1 Å². The predicted octanol–water partition coefficient (Wildman–Crippen LogP) is 4.26. The number of hydrogen-bond donors (Lipinski definition) is 3. The van der Waals surface area contributed by atoms with Crippen LogP contribution >= 0.6 is 24.0 Å². The number of hydrogen-bond acceptors (Lipinski definition) is 4. The molecule has 3 N–H and O–H groups in total. The zero-order valence-electron chi connectivity index (χ0n) is 18.7. The lowest BCUT2D eigenvalue weighted by molar-refractivity contribution is 0.186. The fraction of sp³-hybridized carbons (Fsp3) is 0.458. The molecule has 0 aromatic heterocycles. The van der Waals surface area contributed by atoms with Crippen LogP contribution in [0.25, 0.3) is 0 Å². The molecule has 0 spiro atoms. The first kappa shape index (κ1) is 25.3. The molecule has 2 atom stereocenters. The summed E-state index contributed by atoms with van der Waals surface area (Å²) in [5.41, 5.74) is 3.30. The third-order valence-electron chi connectivity index (χ3n) is 5.44. The molecule has 1 saturated heterocycles. The SMILES string of the molecule is CCNC(=NCC(O)c1cccc(OC)c1)NC(C)c1cccc(N2CCCC2)c1.I. The van der Waals surface area contributed by atoms with Crippen LogP contribution in [0.2, 0.25) is 0 Å². The zero-order chi connectivity index (χ0) is 21.3. The number of benzene rings is 2. The highest BCUT2D eigenvalue weighted by atomic mass is 127. The van der Waals surface area contributed by atoms with E-state index in [9.17, 15) is 5.11 Å². The number of nitrogens with zero attached hydrogens (tertiary/aromatic N) is 2. The predicted molar refractivity (Wildman–Crippen MR) is 139 cm³/mol. The molecular weight excluding hydrogens is 503 g/mol. The van der Waals surface area contributed by atoms with Crippen molar-refractivity contribution in [3.05, 3.63) is 59.7 Å². The Kier molecular flexibility index (Phi) is 10.4. The lowest BCUT2D eigenvalue weighted by atomic mass is 10.1. The van der Waals surface area contributed by atoms with Gasteiger partial charge in [-0.15, -0.1) is 24.0 Å². The molecule has 31 heavy (non-hydrogen) atoms. The number of halogens is 1. The molecule has 0 aliphatic carbocycles. The topological polar surface area (TPSA) is 69.1 Å². The molecule has 0 saturated carbocycles. The van der Waals surface area contributed by atoms with Crippen LogP contribution in [0.4, 0.5) is 5.69 Å². The van der Waals surface area contributed by atoms with Gasteiger partial charge in [0.05, 0.1) is 25.8 Å². The van der Waals surface area contributed by atoms with Gasteiger partial charge < -0.3 is 25.4 Å². The fourth-order valence-corrected chi connectivity index (χ4v) is 3.71. The Hall–Kier alpha value is -2.00. The Bertz CT molecular complexity index is 840. The van der Waals surface area contributed by atoms with Crippen LogP contribution < -0.4 is 20.3 Å². The summed E-state index contributed by atoms with van der Waals surface area (Å²) in [5.74, 6) is 1.42. The molecule has 2 unspecified atom stereocenters. The second-order valence-electron chi connectivity index (χ2n) is 7.67. The highest BCUT2D eigenvalue weighted by Gasteiger charge is 2.15. The van der Waals surface area contributed by atoms with Crippen molar-refractivity contribution in [2.45, 2.75) is 38.8 Å². The summed E-state index contributed by atoms with van der Waals surface area (Å²) >= 11 is 0. The first-order valence-corrected chi connectivity index (χ1v) is 10.8. The van der Waals surface area contributed by atoms with Crippen molar-refractivity contribution in [2.75, 3.05) is 38.2 Å². The summed E-state index contributed by atoms with van der Waals surface area (Å²) in [6, 6.07) is 16.3. The van der Waals surface area contributed by atoms with Gasteiger partial charge in [-0.2, -0.15) is 0 Å². The number of aliphatic hydroxyl groups is 1. The van der Waals surface area contributed by atoms with E-state index in [4.69, 9.17) is 4.74 Å². The van der Waals surface area contributed by atoms with Gasteiger partial charge >= 0.3 is 0 Å². The Morgan fingerprint density at radius 3 is 2.55 bits per heavy atom. The van der Waals surface area contributed by atoms with Crippen molar-refractivity contribution in [3.8, 4) is 5.75 Å². The normalized spacial score (nSPS) is 15.7. The number of aliphatic imine (C=N–C) groups is 1. The molecule has 1 heterocycles. The van der Waals surface area contributed by atoms with Crippen molar-refractivity contribution in [1.82, 2.24) is 10.6 Å². The number of rotatable bonds is 8. The maximum atomic E-state index is 10.5. The van der Waals surface area contributed by atoms with E-state index in [0.29, 0.717) is 5.96 Å². The van der Waals surface area contributed by atoms with Gasteiger partial charge in [0.25, 0.3) is 0 Å². The fourth-order valence-electron chi connectivity index (χ4n) is 3.71. The Balaban J connectivity index is 0.00000341. The number of guanidine groups is 1. The van der Waals surface area contributed by atoms with Crippen molar-refractivity contribution in [1.29, 1.82) is 0 Å². The van der Waals surface area contributed by atoms with Crippen molar-refractivity contribution in [3.63, 3.8) is 0 Å². The largest absolute Gasteiger partial charge is 0.497 e. The van der Waals surface area contributed by atoms with Crippen molar-refractivity contribution in [2.24, 2.45) is 4.99 Å². The number of methoxy groups -OCH3 is 1. The number of anilines is 1. The zero-order valence-corrected chi connectivity index (χ0v) is 21.0. The van der Waals surface area contributed by atoms with Gasteiger partial charge in [-0.1, -0.05) is 24.3 Å². The Morgan fingerprint density at radius 1 is 1.13 bits per heavy atom. The minimum Gasteiger partial charge on any atom is -0.497 e. The van der Waals surface area contributed by atoms with Crippen LogP contribution in [0.5, 0.6) is 5.75 Å². The summed E-state index contributed by atoms with van der Waals surface area (Å²) < 4.78 is 5.24. The number of nitrogens with one attached hydrogen (secondary N) is 2. The average molecular weight is 538 g/mol. The maximum Gasteiger partial charge on any atom is 0.191 e. The highest BCUT2D eigenvalue weighted by Crippen LogP contribution is 2.24. The molecule has 1 fully saturated rings. The Labute approximate surface area is 203 Å². The second-order valence-corrected chi connectivity index (χ2v) is 7.67. The van der Waals surface area contributed by atoms with Crippen LogP contribution in [0, 0.1) is 0 Å². The van der Waals surface area contributed by atoms with Crippen LogP contribution in [-0.4, -0.2) is 44.4 Å². The van der Waals surface area contributed by atoms with E-state index >= 15 is 0 Å². The quantitative estimate of drug-likeness (QED) is 0.266. The van der Waals surface area contributed by atoms with Crippen LogP contribution in [0.1, 0.15) is 50.0 Å². The third-order valence-corrected chi connectivity index (χ3v) is 5.44. The van der Waals surface area contributed by atoms with Crippen LogP contribution in [-0.2, 0) is 0 Å². The maximum absolute atomic E-state index is 10.5. The first-order chi connectivity index (χ1) is 14.6. The van der Waals surface area contributed by atoms with E-state index in [0.717, 1.165) is 30.9 Å². The molecule has 0 radical (unpaired) electrons. The molecule has 3 rings (SSSR count). The van der Waals surface area contributed by atoms with E-state index < -0.39 is 6.10 Å². The molecule has 170 valence electrons. The molecule has 6 nitrogen and oxygen atoms in total. The van der Waals surface area contributed by atoms with Crippen LogP contribution in [0.3, 0.4) is 0 Å². The van der Waals surface area contributed by atoms with Gasteiger partial charge in [0, 0.05) is 25.3 Å². The summed E-state index contributed by atoms with van der Waals surface area (Å²) in [6.45, 7) is 7.46. The molecule has 0 amide bonds. The molecule has 1 aliphatic heterocycles. The Morgan fingerprint density at radius 2 is 1.84 bits per heavy atom. The van der Waals surface area contributed by atoms with E-state index in [1.807, 2.05) is 31.2 Å². The molecule has 7 heteroatoms. The monoisotopic (exact) mass is 538 g/mol. The first-order valence-electron chi connectivity index (χ1n) is 10.8. The standard InChI is InChI=1S/C24H34N4O2.HI/c1-4-25-24(26-17-23(29)20-10-8-12-22(16-20)30-3)27-18(2)19-9-7-11-21(15-19)28-13-5-6-14-28;/h7-12,15-16,18,23,29H,4-6,13-14,17H2,1-3H3,(H2,25,26,27);1H. The minimum absolute atomic E-state index is 0. The summed E-state index contributed by atoms with van der Waals surface area (Å²) in [5, 5.41) is 17.3. The molecule has 2 aromatic rings. The average Bonchev–Trinajstić information content (AvgIpc) is 3.32. The van der Waals surface area contributed by atoms with Crippen molar-refractivity contribution >= 4 is 35.6 Å². The lowest BCUT2D eigenvalue weighted by Gasteiger charge is -2.22. The van der Waals surface area contributed by atoms with E-state index in [2.05, 4.69) is 51.7 Å². The summed E-state index contributed by atoms with van der Waals surface area (Å²) in [7, 11) is 1.62. The molecule has 1 aliphatic rings.